The average molecular weight is 645 g/mol. The van der Waals surface area contributed by atoms with Crippen LogP contribution in [0.4, 0.5) is 4.39 Å². The van der Waals surface area contributed by atoms with Crippen LogP contribution >= 0.6 is 0 Å². The van der Waals surface area contributed by atoms with Crippen LogP contribution in [0, 0.1) is 34.5 Å². The standard InChI is InChI=1S/C42H73FO3/c1-3-5-7-9-11-13-31-45-37-19-15-33(16-20-37)35-23-27-41(28-24-35)39(43)42(40(41)44)29-25-36(26-30-42)34-17-21-38(22-18-34)46-32-14-12-10-8-6-4-2/h33-39H,3-32H2,1-2H3. The number of carbonyl (C=O) groups excluding carboxylic acids is 1. The maximum Gasteiger partial charge on any atom is 0.151 e. The lowest BCUT2D eigenvalue weighted by atomic mass is 9.41. The third kappa shape index (κ3) is 9.00. The number of alkyl halides is 1. The van der Waals surface area contributed by atoms with E-state index in [9.17, 15) is 4.79 Å². The largest absolute Gasteiger partial charge is 0.378 e. The van der Waals surface area contributed by atoms with Crippen LogP contribution in [-0.2, 0) is 14.3 Å². The quantitative estimate of drug-likeness (QED) is 0.139. The number of ether oxygens (including phenoxy) is 2. The SMILES string of the molecule is CCCCCCCCOC1CCC(C2CCC3(CC2)C(=O)C2(CCC(C4CCC(OCCCCCCCC)CC4)CC2)C3F)CC1. The molecule has 0 atom stereocenters. The Balaban J connectivity index is 0.949. The summed E-state index contributed by atoms with van der Waals surface area (Å²) in [6.07, 6.45) is 33.3. The van der Waals surface area contributed by atoms with E-state index in [4.69, 9.17) is 9.47 Å². The van der Waals surface area contributed by atoms with Gasteiger partial charge in [-0.15, -0.1) is 0 Å². The van der Waals surface area contributed by atoms with E-state index in [-0.39, 0.29) is 0 Å². The van der Waals surface area contributed by atoms with Crippen molar-refractivity contribution in [3.8, 4) is 0 Å². The predicted molar refractivity (Wildman–Crippen MR) is 189 cm³/mol. The summed E-state index contributed by atoms with van der Waals surface area (Å²) in [4.78, 5) is 13.9. The second kappa shape index (κ2) is 18.5. The van der Waals surface area contributed by atoms with Crippen LogP contribution in [0.15, 0.2) is 0 Å². The summed E-state index contributed by atoms with van der Waals surface area (Å²) in [6, 6.07) is 0. The molecule has 0 bridgehead atoms. The molecule has 0 unspecified atom stereocenters. The van der Waals surface area contributed by atoms with Crippen LogP contribution in [-0.4, -0.2) is 37.4 Å². The fourth-order valence-electron chi connectivity index (χ4n) is 11.1. The van der Waals surface area contributed by atoms with Crippen molar-refractivity contribution < 1.29 is 18.7 Å². The summed E-state index contributed by atoms with van der Waals surface area (Å²) in [5.41, 5.74) is -1.24. The number of ketones is 1. The van der Waals surface area contributed by atoms with Gasteiger partial charge < -0.3 is 9.47 Å². The molecule has 0 amide bonds. The molecule has 0 N–H and O–H groups in total. The van der Waals surface area contributed by atoms with E-state index in [0.717, 1.165) is 76.4 Å². The monoisotopic (exact) mass is 645 g/mol. The second-order valence-electron chi connectivity index (χ2n) is 17.0. The highest BCUT2D eigenvalue weighted by Gasteiger charge is 2.71. The van der Waals surface area contributed by atoms with Crippen molar-refractivity contribution in [2.45, 2.75) is 212 Å². The first kappa shape index (κ1) is 36.8. The molecule has 0 aromatic carbocycles. The molecule has 0 heterocycles. The molecule has 0 aliphatic heterocycles. The first-order valence-electron chi connectivity index (χ1n) is 20.9. The zero-order valence-corrected chi connectivity index (χ0v) is 30.4. The summed E-state index contributed by atoms with van der Waals surface area (Å²) in [5, 5.41) is 0. The van der Waals surface area contributed by atoms with Gasteiger partial charge in [-0.2, -0.15) is 0 Å². The lowest BCUT2D eigenvalue weighted by molar-refractivity contribution is -0.195. The molecule has 0 aromatic heterocycles. The van der Waals surface area contributed by atoms with E-state index in [1.165, 1.54) is 128 Å². The van der Waals surface area contributed by atoms with Crippen LogP contribution in [0.5, 0.6) is 0 Å². The molecular formula is C42H73FO3. The molecule has 266 valence electrons. The van der Waals surface area contributed by atoms with Gasteiger partial charge in [0.1, 0.15) is 6.17 Å². The van der Waals surface area contributed by atoms with E-state index in [2.05, 4.69) is 13.8 Å². The molecule has 2 spiro atoms. The van der Waals surface area contributed by atoms with E-state index >= 15 is 4.39 Å². The minimum Gasteiger partial charge on any atom is -0.378 e. The number of halogens is 1. The van der Waals surface area contributed by atoms with E-state index < -0.39 is 17.0 Å². The predicted octanol–water partition coefficient (Wildman–Crippen LogP) is 12.1. The summed E-state index contributed by atoms with van der Waals surface area (Å²) >= 11 is 0. The summed E-state index contributed by atoms with van der Waals surface area (Å²) in [5.74, 6) is 3.27. The van der Waals surface area contributed by atoms with Gasteiger partial charge in [0, 0.05) is 13.2 Å². The Morgan fingerprint density at radius 1 is 0.500 bits per heavy atom. The zero-order valence-electron chi connectivity index (χ0n) is 30.4. The van der Waals surface area contributed by atoms with Gasteiger partial charge in [-0.1, -0.05) is 78.1 Å². The fraction of sp³-hybridized carbons (Fsp3) is 0.976. The molecule has 5 aliphatic carbocycles. The van der Waals surface area contributed by atoms with Gasteiger partial charge in [-0.25, -0.2) is 4.39 Å². The van der Waals surface area contributed by atoms with E-state index in [0.29, 0.717) is 29.8 Å². The van der Waals surface area contributed by atoms with Crippen molar-refractivity contribution in [3.05, 3.63) is 0 Å². The van der Waals surface area contributed by atoms with Crippen LogP contribution < -0.4 is 0 Å². The first-order chi connectivity index (χ1) is 22.5. The van der Waals surface area contributed by atoms with Crippen molar-refractivity contribution in [3.63, 3.8) is 0 Å². The van der Waals surface area contributed by atoms with Crippen molar-refractivity contribution in [1.82, 2.24) is 0 Å². The number of hydrogen-bond acceptors (Lipinski definition) is 3. The number of carbonyl (C=O) groups is 1. The summed E-state index contributed by atoms with van der Waals surface area (Å²) in [7, 11) is 0. The van der Waals surface area contributed by atoms with Crippen molar-refractivity contribution in [2.75, 3.05) is 13.2 Å². The minimum absolute atomic E-state index is 0.350. The van der Waals surface area contributed by atoms with E-state index in [1.807, 2.05) is 0 Å². The molecule has 4 heteroatoms. The van der Waals surface area contributed by atoms with Crippen LogP contribution in [0.1, 0.15) is 194 Å². The molecule has 5 aliphatic rings. The summed E-state index contributed by atoms with van der Waals surface area (Å²) < 4.78 is 28.8. The molecule has 0 saturated heterocycles. The molecule has 0 aromatic rings. The Labute approximate surface area is 283 Å². The highest BCUT2D eigenvalue weighted by atomic mass is 19.1. The normalized spacial score (nSPS) is 38.3. The number of unbranched alkanes of at least 4 members (excludes halogenated alkanes) is 10. The smallest absolute Gasteiger partial charge is 0.151 e. The number of hydrogen-bond donors (Lipinski definition) is 0. The molecule has 5 saturated carbocycles. The maximum absolute atomic E-state index is 16.3. The van der Waals surface area contributed by atoms with Crippen LogP contribution in [0.2, 0.25) is 0 Å². The van der Waals surface area contributed by atoms with Gasteiger partial charge in [0.2, 0.25) is 0 Å². The van der Waals surface area contributed by atoms with E-state index in [1.54, 1.807) is 0 Å². The van der Waals surface area contributed by atoms with Crippen molar-refractivity contribution >= 4 is 5.78 Å². The second-order valence-corrected chi connectivity index (χ2v) is 17.0. The Morgan fingerprint density at radius 2 is 0.826 bits per heavy atom. The molecular weight excluding hydrogens is 571 g/mol. The average Bonchev–Trinajstić information content (AvgIpc) is 3.11. The highest BCUT2D eigenvalue weighted by molar-refractivity contribution is 5.98. The van der Waals surface area contributed by atoms with Gasteiger partial charge in [-0.3, -0.25) is 4.79 Å². The third-order valence-corrected chi connectivity index (χ3v) is 14.2. The molecule has 5 rings (SSSR count). The maximum atomic E-state index is 16.3. The van der Waals surface area contributed by atoms with Crippen LogP contribution in [0.3, 0.4) is 0 Å². The Kier molecular flexibility index (Phi) is 14.8. The van der Waals surface area contributed by atoms with Crippen molar-refractivity contribution in [1.29, 1.82) is 0 Å². The lowest BCUT2D eigenvalue weighted by Crippen LogP contribution is -2.69. The van der Waals surface area contributed by atoms with Gasteiger partial charge in [-0.05, 0) is 139 Å². The first-order valence-corrected chi connectivity index (χ1v) is 20.9. The van der Waals surface area contributed by atoms with Gasteiger partial charge in [0.15, 0.2) is 5.78 Å². The molecule has 5 fully saturated rings. The van der Waals surface area contributed by atoms with Crippen LogP contribution in [0.25, 0.3) is 0 Å². The minimum atomic E-state index is -0.883. The Morgan fingerprint density at radius 3 is 1.17 bits per heavy atom. The van der Waals surface area contributed by atoms with Gasteiger partial charge in [0.25, 0.3) is 0 Å². The molecule has 0 radical (unpaired) electrons. The topological polar surface area (TPSA) is 35.5 Å². The fourth-order valence-corrected chi connectivity index (χ4v) is 11.1. The number of Topliss-reactive ketones (excluding diaryl/α,β-unsaturated/α-hetero) is 1. The Hall–Kier alpha value is -0.480. The van der Waals surface area contributed by atoms with Gasteiger partial charge >= 0.3 is 0 Å². The number of rotatable bonds is 18. The zero-order chi connectivity index (χ0) is 32.2. The Bertz CT molecular complexity index is 788. The molecule has 46 heavy (non-hydrogen) atoms. The van der Waals surface area contributed by atoms with Crippen molar-refractivity contribution in [2.24, 2.45) is 34.5 Å². The highest BCUT2D eigenvalue weighted by Crippen LogP contribution is 2.66. The molecule has 3 nitrogen and oxygen atoms in total. The lowest BCUT2D eigenvalue weighted by Gasteiger charge is -2.62. The summed E-state index contributed by atoms with van der Waals surface area (Å²) in [6.45, 7) is 6.42. The van der Waals surface area contributed by atoms with Gasteiger partial charge in [0.05, 0.1) is 23.0 Å². The third-order valence-electron chi connectivity index (χ3n) is 14.2.